The van der Waals surface area contributed by atoms with Crippen LogP contribution in [0.25, 0.3) is 11.6 Å². The molecule has 2 rings (SSSR count). The maximum absolute atomic E-state index is 11.5. The first kappa shape index (κ1) is 15.1. The van der Waals surface area contributed by atoms with Crippen molar-refractivity contribution < 1.29 is 14.6 Å². The van der Waals surface area contributed by atoms with E-state index in [1.807, 2.05) is 13.0 Å². The Morgan fingerprint density at radius 3 is 2.67 bits per heavy atom. The van der Waals surface area contributed by atoms with Crippen molar-refractivity contribution in [3.05, 3.63) is 64.7 Å². The van der Waals surface area contributed by atoms with Gasteiger partial charge in [-0.1, -0.05) is 41.9 Å². The van der Waals surface area contributed by atoms with E-state index in [1.165, 1.54) is 0 Å². The number of carbonyl (C=O) groups is 1. The highest BCUT2D eigenvalue weighted by Gasteiger charge is 2.12. The van der Waals surface area contributed by atoms with Crippen LogP contribution >= 0.6 is 11.6 Å². The van der Waals surface area contributed by atoms with Gasteiger partial charge in [-0.15, -0.1) is 0 Å². The topological polar surface area (TPSA) is 46.5 Å². The van der Waals surface area contributed by atoms with Crippen molar-refractivity contribution in [2.45, 2.75) is 6.92 Å². The zero-order chi connectivity index (χ0) is 15.2. The summed E-state index contributed by atoms with van der Waals surface area (Å²) in [6, 6.07) is 14.1. The molecule has 0 heterocycles. The predicted octanol–water partition coefficient (Wildman–Crippen LogP) is 4.36. The summed E-state index contributed by atoms with van der Waals surface area (Å²) in [7, 11) is 0. The summed E-state index contributed by atoms with van der Waals surface area (Å²) < 4.78 is 5.40. The molecule has 0 saturated carbocycles. The first-order chi connectivity index (χ1) is 10.1. The van der Waals surface area contributed by atoms with E-state index >= 15 is 0 Å². The van der Waals surface area contributed by atoms with Crippen LogP contribution in [-0.4, -0.2) is 17.7 Å². The Balaban J connectivity index is 2.47. The van der Waals surface area contributed by atoms with Crippen molar-refractivity contribution in [1.29, 1.82) is 0 Å². The van der Waals surface area contributed by atoms with Gasteiger partial charge in [-0.25, -0.2) is 4.79 Å². The third-order valence-corrected chi connectivity index (χ3v) is 3.24. The molecule has 0 fully saturated rings. The van der Waals surface area contributed by atoms with Crippen LogP contribution in [0.2, 0.25) is 5.02 Å². The highest BCUT2D eigenvalue weighted by atomic mass is 35.5. The Morgan fingerprint density at radius 1 is 1.24 bits per heavy atom. The van der Waals surface area contributed by atoms with Gasteiger partial charge in [-0.05, 0) is 42.3 Å². The molecular weight excluding hydrogens is 288 g/mol. The Bertz CT molecular complexity index is 677. The lowest BCUT2D eigenvalue weighted by atomic mass is 10.0. The van der Waals surface area contributed by atoms with Gasteiger partial charge < -0.3 is 9.84 Å². The molecule has 0 aliphatic heterocycles. The van der Waals surface area contributed by atoms with Gasteiger partial charge in [-0.3, -0.25) is 0 Å². The summed E-state index contributed by atoms with van der Waals surface area (Å²) in [4.78, 5) is 11.5. The summed E-state index contributed by atoms with van der Waals surface area (Å²) in [5, 5.41) is 9.96. The first-order valence-electron chi connectivity index (χ1n) is 6.54. The van der Waals surface area contributed by atoms with Gasteiger partial charge in [0.1, 0.15) is 5.75 Å². The average Bonchev–Trinajstić information content (AvgIpc) is 2.46. The minimum Gasteiger partial charge on any atom is -0.494 e. The average molecular weight is 303 g/mol. The van der Waals surface area contributed by atoms with Gasteiger partial charge in [0, 0.05) is 5.02 Å². The summed E-state index contributed by atoms with van der Waals surface area (Å²) in [6.07, 6.45) is 1.57. The van der Waals surface area contributed by atoms with Crippen LogP contribution in [0.15, 0.2) is 48.5 Å². The highest BCUT2D eigenvalue weighted by Crippen LogP contribution is 2.25. The molecule has 0 amide bonds. The molecule has 0 aliphatic rings. The molecule has 0 spiro atoms. The predicted molar refractivity (Wildman–Crippen MR) is 84.6 cm³/mol. The highest BCUT2D eigenvalue weighted by molar-refractivity contribution is 6.33. The minimum atomic E-state index is -1.01. The number of hydrogen-bond donors (Lipinski definition) is 1. The smallest absolute Gasteiger partial charge is 0.336 e. The Kier molecular flexibility index (Phi) is 5.01. The molecule has 1 N–H and O–H groups in total. The van der Waals surface area contributed by atoms with Crippen LogP contribution in [0.5, 0.6) is 5.75 Å². The Hall–Kier alpha value is -2.26. The van der Waals surface area contributed by atoms with Gasteiger partial charge in [0.05, 0.1) is 12.2 Å². The molecule has 2 aromatic rings. The van der Waals surface area contributed by atoms with Crippen LogP contribution in [0.3, 0.4) is 0 Å². The van der Waals surface area contributed by atoms with E-state index in [4.69, 9.17) is 16.3 Å². The number of carboxylic acid groups (broad SMARTS) is 1. The summed E-state index contributed by atoms with van der Waals surface area (Å²) in [5.74, 6) is -0.370. The second-order valence-corrected chi connectivity index (χ2v) is 4.75. The molecule has 0 unspecified atom stereocenters. The monoisotopic (exact) mass is 302 g/mol. The van der Waals surface area contributed by atoms with Crippen molar-refractivity contribution in [3.8, 4) is 5.75 Å². The summed E-state index contributed by atoms with van der Waals surface area (Å²) in [6.45, 7) is 2.41. The molecule has 0 radical (unpaired) electrons. The number of aliphatic carboxylic acids is 1. The molecule has 2 aromatic carbocycles. The number of rotatable bonds is 5. The first-order valence-corrected chi connectivity index (χ1v) is 6.92. The third kappa shape index (κ3) is 3.86. The SMILES string of the molecule is CCOc1cccc(/C(=C/c2ccccc2Cl)C(=O)O)c1. The van der Waals surface area contributed by atoms with E-state index in [1.54, 1.807) is 48.5 Å². The van der Waals surface area contributed by atoms with Crippen molar-refractivity contribution in [2.24, 2.45) is 0 Å². The molecule has 21 heavy (non-hydrogen) atoms. The second-order valence-electron chi connectivity index (χ2n) is 4.35. The lowest BCUT2D eigenvalue weighted by Gasteiger charge is -2.07. The van der Waals surface area contributed by atoms with Gasteiger partial charge in [0.2, 0.25) is 0 Å². The van der Waals surface area contributed by atoms with Gasteiger partial charge in [-0.2, -0.15) is 0 Å². The van der Waals surface area contributed by atoms with Gasteiger partial charge >= 0.3 is 5.97 Å². The summed E-state index contributed by atoms with van der Waals surface area (Å²) >= 11 is 6.08. The quantitative estimate of drug-likeness (QED) is 0.659. The van der Waals surface area contributed by atoms with Crippen LogP contribution in [0.4, 0.5) is 0 Å². The van der Waals surface area contributed by atoms with E-state index in [9.17, 15) is 9.90 Å². The summed E-state index contributed by atoms with van der Waals surface area (Å²) in [5.41, 5.74) is 1.41. The molecule has 3 nitrogen and oxygen atoms in total. The van der Waals surface area contributed by atoms with Crippen molar-refractivity contribution in [3.63, 3.8) is 0 Å². The number of halogens is 1. The standard InChI is InChI=1S/C17H15ClO3/c1-2-21-14-8-5-7-12(10-14)15(17(19)20)11-13-6-3-4-9-16(13)18/h3-11H,2H2,1H3,(H,19,20)/b15-11-. The largest absolute Gasteiger partial charge is 0.494 e. The Morgan fingerprint density at radius 2 is 2.00 bits per heavy atom. The van der Waals surface area contributed by atoms with E-state index in [-0.39, 0.29) is 5.57 Å². The zero-order valence-electron chi connectivity index (χ0n) is 11.5. The van der Waals surface area contributed by atoms with Crippen LogP contribution in [-0.2, 0) is 4.79 Å². The maximum Gasteiger partial charge on any atom is 0.336 e. The van der Waals surface area contributed by atoms with E-state index in [0.29, 0.717) is 28.5 Å². The van der Waals surface area contributed by atoms with Crippen LogP contribution < -0.4 is 4.74 Å². The maximum atomic E-state index is 11.5. The Labute approximate surface area is 128 Å². The fourth-order valence-electron chi connectivity index (χ4n) is 1.94. The van der Waals surface area contributed by atoms with E-state index < -0.39 is 5.97 Å². The molecule has 0 aromatic heterocycles. The minimum absolute atomic E-state index is 0.171. The molecular formula is C17H15ClO3. The number of hydrogen-bond acceptors (Lipinski definition) is 2. The molecule has 0 atom stereocenters. The fraction of sp³-hybridized carbons (Fsp3) is 0.118. The third-order valence-electron chi connectivity index (χ3n) is 2.89. The lowest BCUT2D eigenvalue weighted by molar-refractivity contribution is -0.130. The number of benzene rings is 2. The number of ether oxygens (including phenoxy) is 1. The fourth-order valence-corrected chi connectivity index (χ4v) is 2.13. The van der Waals surface area contributed by atoms with Crippen molar-refractivity contribution >= 4 is 29.2 Å². The van der Waals surface area contributed by atoms with Crippen molar-refractivity contribution in [1.82, 2.24) is 0 Å². The second kappa shape index (κ2) is 6.95. The van der Waals surface area contributed by atoms with E-state index in [2.05, 4.69) is 0 Å². The van der Waals surface area contributed by atoms with Crippen LogP contribution in [0.1, 0.15) is 18.1 Å². The van der Waals surface area contributed by atoms with Gasteiger partial charge in [0.15, 0.2) is 0 Å². The molecule has 0 aliphatic carbocycles. The van der Waals surface area contributed by atoms with Gasteiger partial charge in [0.25, 0.3) is 0 Å². The molecule has 0 bridgehead atoms. The molecule has 0 saturated heterocycles. The van der Waals surface area contributed by atoms with Crippen LogP contribution in [0, 0.1) is 0 Å². The molecule has 4 heteroatoms. The lowest BCUT2D eigenvalue weighted by Crippen LogP contribution is -2.00. The number of carboxylic acids is 1. The van der Waals surface area contributed by atoms with E-state index in [0.717, 1.165) is 0 Å². The van der Waals surface area contributed by atoms with Crippen molar-refractivity contribution in [2.75, 3.05) is 6.61 Å². The normalized spacial score (nSPS) is 11.2. The molecule has 108 valence electrons. The zero-order valence-corrected chi connectivity index (χ0v) is 12.3.